The first kappa shape index (κ1) is 16.5. The summed E-state index contributed by atoms with van der Waals surface area (Å²) in [5.41, 5.74) is 3.42. The molecule has 1 unspecified atom stereocenters. The predicted octanol–water partition coefficient (Wildman–Crippen LogP) is 3.60. The van der Waals surface area contributed by atoms with Crippen molar-refractivity contribution in [2.45, 2.75) is 39.2 Å². The minimum atomic E-state index is 0.163. The Morgan fingerprint density at radius 1 is 1.21 bits per heavy atom. The molecule has 126 valence electrons. The second-order valence-corrected chi connectivity index (χ2v) is 6.40. The summed E-state index contributed by atoms with van der Waals surface area (Å²) < 4.78 is 5.37. The van der Waals surface area contributed by atoms with E-state index in [0.717, 1.165) is 30.4 Å². The van der Waals surface area contributed by atoms with Crippen molar-refractivity contribution < 1.29 is 9.53 Å². The van der Waals surface area contributed by atoms with E-state index >= 15 is 0 Å². The van der Waals surface area contributed by atoms with Crippen molar-refractivity contribution in [2.75, 3.05) is 6.61 Å². The Morgan fingerprint density at radius 3 is 2.50 bits per heavy atom. The fourth-order valence-electron chi connectivity index (χ4n) is 2.73. The van der Waals surface area contributed by atoms with Crippen LogP contribution in [0.4, 0.5) is 0 Å². The summed E-state index contributed by atoms with van der Waals surface area (Å²) in [5.74, 6) is 1.12. The first-order chi connectivity index (χ1) is 11.7. The standard InChI is InChI=1S/C20H24N2O2/c1-3-24-19-11-10-18(13-21-19)16-6-4-15(5-7-16)12-14(2)22-20(23)17-8-9-17/h4-7,10-11,13-14,17H,3,8-9,12H2,1-2H3,(H,22,23). The molecule has 0 bridgehead atoms. The van der Waals surface area contributed by atoms with Crippen molar-refractivity contribution >= 4 is 5.91 Å². The summed E-state index contributed by atoms with van der Waals surface area (Å²) in [7, 11) is 0. The van der Waals surface area contributed by atoms with E-state index < -0.39 is 0 Å². The Balaban J connectivity index is 1.59. The van der Waals surface area contributed by atoms with Crippen molar-refractivity contribution in [1.82, 2.24) is 10.3 Å². The topological polar surface area (TPSA) is 51.2 Å². The fourth-order valence-corrected chi connectivity index (χ4v) is 2.73. The number of benzene rings is 1. The molecule has 1 amide bonds. The molecule has 1 N–H and O–H groups in total. The maximum Gasteiger partial charge on any atom is 0.223 e. The lowest BCUT2D eigenvalue weighted by Gasteiger charge is -2.14. The SMILES string of the molecule is CCOc1ccc(-c2ccc(CC(C)NC(=O)C3CC3)cc2)cn1. The van der Waals surface area contributed by atoms with Crippen molar-refractivity contribution in [3.8, 4) is 17.0 Å². The Hall–Kier alpha value is -2.36. The Bertz CT molecular complexity index is 676. The number of carbonyl (C=O) groups is 1. The van der Waals surface area contributed by atoms with Gasteiger partial charge in [0.25, 0.3) is 0 Å². The van der Waals surface area contributed by atoms with Gasteiger partial charge in [-0.1, -0.05) is 24.3 Å². The molecule has 1 aromatic carbocycles. The molecule has 0 radical (unpaired) electrons. The van der Waals surface area contributed by atoms with Crippen molar-refractivity contribution in [3.63, 3.8) is 0 Å². The largest absolute Gasteiger partial charge is 0.478 e. The average Bonchev–Trinajstić information content (AvgIpc) is 3.41. The zero-order valence-electron chi connectivity index (χ0n) is 14.3. The quantitative estimate of drug-likeness (QED) is 0.846. The van der Waals surface area contributed by atoms with Gasteiger partial charge < -0.3 is 10.1 Å². The lowest BCUT2D eigenvalue weighted by molar-refractivity contribution is -0.122. The molecule has 3 rings (SSSR count). The van der Waals surface area contributed by atoms with Gasteiger partial charge in [0, 0.05) is 29.8 Å². The van der Waals surface area contributed by atoms with Crippen LogP contribution in [0.15, 0.2) is 42.6 Å². The third kappa shape index (κ3) is 4.34. The first-order valence-electron chi connectivity index (χ1n) is 8.64. The number of amides is 1. The van der Waals surface area contributed by atoms with E-state index in [-0.39, 0.29) is 17.9 Å². The van der Waals surface area contributed by atoms with Gasteiger partial charge in [-0.05, 0) is 50.3 Å². The van der Waals surface area contributed by atoms with Gasteiger partial charge in [-0.3, -0.25) is 4.79 Å². The van der Waals surface area contributed by atoms with Crippen LogP contribution in [0.5, 0.6) is 5.88 Å². The molecule has 4 nitrogen and oxygen atoms in total. The molecule has 0 spiro atoms. The van der Waals surface area contributed by atoms with E-state index in [9.17, 15) is 4.79 Å². The van der Waals surface area contributed by atoms with Crippen LogP contribution in [0.2, 0.25) is 0 Å². The highest BCUT2D eigenvalue weighted by atomic mass is 16.5. The van der Waals surface area contributed by atoms with Crippen molar-refractivity contribution in [1.29, 1.82) is 0 Å². The number of aromatic nitrogens is 1. The van der Waals surface area contributed by atoms with Gasteiger partial charge in [0.05, 0.1) is 6.61 Å². The van der Waals surface area contributed by atoms with Gasteiger partial charge in [0.15, 0.2) is 0 Å². The Labute approximate surface area is 143 Å². The highest BCUT2D eigenvalue weighted by Crippen LogP contribution is 2.29. The molecular weight excluding hydrogens is 300 g/mol. The molecule has 2 aromatic rings. The molecule has 1 saturated carbocycles. The molecule has 4 heteroatoms. The van der Waals surface area contributed by atoms with E-state index in [4.69, 9.17) is 4.74 Å². The van der Waals surface area contributed by atoms with Gasteiger partial charge in [-0.25, -0.2) is 4.98 Å². The van der Waals surface area contributed by atoms with Crippen LogP contribution in [-0.4, -0.2) is 23.5 Å². The molecule has 1 aromatic heterocycles. The molecule has 24 heavy (non-hydrogen) atoms. The van der Waals surface area contributed by atoms with Crippen LogP contribution < -0.4 is 10.1 Å². The zero-order valence-corrected chi connectivity index (χ0v) is 14.3. The highest BCUT2D eigenvalue weighted by molar-refractivity contribution is 5.81. The highest BCUT2D eigenvalue weighted by Gasteiger charge is 2.30. The summed E-state index contributed by atoms with van der Waals surface area (Å²) in [5, 5.41) is 3.09. The van der Waals surface area contributed by atoms with Gasteiger partial charge in [-0.2, -0.15) is 0 Å². The number of nitrogens with zero attached hydrogens (tertiary/aromatic N) is 1. The van der Waals surface area contributed by atoms with Gasteiger partial charge in [0.2, 0.25) is 11.8 Å². The van der Waals surface area contributed by atoms with E-state index in [2.05, 4.69) is 41.5 Å². The monoisotopic (exact) mass is 324 g/mol. The van der Waals surface area contributed by atoms with Crippen molar-refractivity contribution in [3.05, 3.63) is 48.2 Å². The summed E-state index contributed by atoms with van der Waals surface area (Å²) in [4.78, 5) is 16.1. The van der Waals surface area contributed by atoms with Crippen LogP contribution in [0.3, 0.4) is 0 Å². The average molecular weight is 324 g/mol. The second-order valence-electron chi connectivity index (χ2n) is 6.40. The normalized spacial score (nSPS) is 14.9. The van der Waals surface area contributed by atoms with Crippen LogP contribution in [0.1, 0.15) is 32.3 Å². The number of pyridine rings is 1. The van der Waals surface area contributed by atoms with E-state index in [1.807, 2.05) is 25.3 Å². The number of hydrogen-bond donors (Lipinski definition) is 1. The smallest absolute Gasteiger partial charge is 0.223 e. The second kappa shape index (κ2) is 7.47. The summed E-state index contributed by atoms with van der Waals surface area (Å²) in [6.45, 7) is 4.63. The molecule has 1 aliphatic rings. The lowest BCUT2D eigenvalue weighted by atomic mass is 10.0. The number of nitrogens with one attached hydrogen (secondary N) is 1. The number of hydrogen-bond acceptors (Lipinski definition) is 3. The number of carbonyl (C=O) groups excluding carboxylic acids is 1. The molecule has 1 aliphatic carbocycles. The fraction of sp³-hybridized carbons (Fsp3) is 0.400. The third-order valence-corrected chi connectivity index (χ3v) is 4.19. The zero-order chi connectivity index (χ0) is 16.9. The minimum absolute atomic E-state index is 0.163. The van der Waals surface area contributed by atoms with Gasteiger partial charge in [0.1, 0.15) is 0 Å². The Morgan fingerprint density at radius 2 is 1.92 bits per heavy atom. The third-order valence-electron chi connectivity index (χ3n) is 4.19. The summed E-state index contributed by atoms with van der Waals surface area (Å²) >= 11 is 0. The van der Waals surface area contributed by atoms with Crippen LogP contribution in [0.25, 0.3) is 11.1 Å². The maximum absolute atomic E-state index is 11.8. The van der Waals surface area contributed by atoms with E-state index in [1.54, 1.807) is 0 Å². The van der Waals surface area contributed by atoms with Gasteiger partial charge >= 0.3 is 0 Å². The summed E-state index contributed by atoms with van der Waals surface area (Å²) in [6, 6.07) is 12.5. The van der Waals surface area contributed by atoms with Crippen LogP contribution >= 0.6 is 0 Å². The molecule has 1 fully saturated rings. The van der Waals surface area contributed by atoms with Crippen molar-refractivity contribution in [2.24, 2.45) is 5.92 Å². The van der Waals surface area contributed by atoms with Crippen LogP contribution in [-0.2, 0) is 11.2 Å². The van der Waals surface area contributed by atoms with E-state index in [0.29, 0.717) is 12.5 Å². The predicted molar refractivity (Wildman–Crippen MR) is 94.9 cm³/mol. The van der Waals surface area contributed by atoms with E-state index in [1.165, 1.54) is 5.56 Å². The molecule has 1 atom stereocenters. The number of ether oxygens (including phenoxy) is 1. The maximum atomic E-state index is 11.8. The lowest BCUT2D eigenvalue weighted by Crippen LogP contribution is -2.35. The first-order valence-corrected chi connectivity index (χ1v) is 8.64. The molecule has 1 heterocycles. The minimum Gasteiger partial charge on any atom is -0.478 e. The van der Waals surface area contributed by atoms with Gasteiger partial charge in [-0.15, -0.1) is 0 Å². The van der Waals surface area contributed by atoms with Crippen LogP contribution in [0, 0.1) is 5.92 Å². The molecule has 0 aliphatic heterocycles. The molecular formula is C20H24N2O2. The number of rotatable bonds is 7. The summed E-state index contributed by atoms with van der Waals surface area (Å²) in [6.07, 6.45) is 4.77. The Kier molecular flexibility index (Phi) is 5.14. The molecule has 0 saturated heterocycles.